The summed E-state index contributed by atoms with van der Waals surface area (Å²) >= 11 is 0. The Bertz CT molecular complexity index is 956. The lowest BCUT2D eigenvalue weighted by Crippen LogP contribution is -2.12. The van der Waals surface area contributed by atoms with Crippen molar-refractivity contribution >= 4 is 17.2 Å². The first-order valence-corrected chi connectivity index (χ1v) is 7.71. The normalized spacial score (nSPS) is 11.0. The molecule has 0 aliphatic rings. The highest BCUT2D eigenvalue weighted by molar-refractivity contribution is 5.67. The summed E-state index contributed by atoms with van der Waals surface area (Å²) in [5.74, 6) is 0.790. The molecule has 0 spiro atoms. The van der Waals surface area contributed by atoms with Crippen LogP contribution in [0.5, 0.6) is 0 Å². The van der Waals surface area contributed by atoms with Crippen molar-refractivity contribution in [3.05, 3.63) is 61.1 Å². The van der Waals surface area contributed by atoms with E-state index in [1.165, 1.54) is 0 Å². The third kappa shape index (κ3) is 2.79. The Morgan fingerprint density at radius 1 is 1.12 bits per heavy atom. The summed E-state index contributed by atoms with van der Waals surface area (Å²) in [7, 11) is 0. The molecule has 0 saturated carbocycles. The van der Waals surface area contributed by atoms with Gasteiger partial charge in [-0.3, -0.25) is 4.68 Å². The van der Waals surface area contributed by atoms with Crippen LogP contribution in [0, 0.1) is 0 Å². The molecule has 0 fully saturated rings. The Hall–Kier alpha value is -3.35. The van der Waals surface area contributed by atoms with Crippen LogP contribution >= 0.6 is 0 Å². The molecule has 1 aromatic carbocycles. The van der Waals surface area contributed by atoms with E-state index in [1.54, 1.807) is 6.20 Å². The average Bonchev–Trinajstić information content (AvgIpc) is 3.24. The molecule has 7 nitrogen and oxygen atoms in total. The zero-order chi connectivity index (χ0) is 16.4. The second kappa shape index (κ2) is 6.04. The molecule has 0 amide bonds. The minimum Gasteiger partial charge on any atom is -0.399 e. The topological polar surface area (TPSA) is 86.1 Å². The van der Waals surface area contributed by atoms with Crippen molar-refractivity contribution in [3.8, 4) is 11.3 Å². The number of hydrogen-bond acceptors (Lipinski definition) is 5. The SMILES string of the molecule is Nc1cccc(-c2cnc3ccc(NCCn4cccn4)nn23)c1. The second-order valence-corrected chi connectivity index (χ2v) is 5.45. The van der Waals surface area contributed by atoms with Crippen molar-refractivity contribution in [2.24, 2.45) is 0 Å². The van der Waals surface area contributed by atoms with E-state index in [-0.39, 0.29) is 0 Å². The molecule has 0 saturated heterocycles. The summed E-state index contributed by atoms with van der Waals surface area (Å²) in [6, 6.07) is 13.5. The molecule has 0 aliphatic carbocycles. The summed E-state index contributed by atoms with van der Waals surface area (Å²) in [5, 5.41) is 12.1. The Morgan fingerprint density at radius 3 is 2.92 bits per heavy atom. The fourth-order valence-electron chi connectivity index (χ4n) is 2.59. The number of nitrogens with two attached hydrogens (primary N) is 1. The molecular formula is C17H17N7. The van der Waals surface area contributed by atoms with E-state index in [2.05, 4.69) is 20.5 Å². The summed E-state index contributed by atoms with van der Waals surface area (Å²) in [5.41, 5.74) is 9.29. The van der Waals surface area contributed by atoms with Gasteiger partial charge in [-0.15, -0.1) is 5.10 Å². The first-order chi connectivity index (χ1) is 11.8. The van der Waals surface area contributed by atoms with Gasteiger partial charge in [0.1, 0.15) is 5.82 Å². The monoisotopic (exact) mass is 319 g/mol. The number of hydrogen-bond donors (Lipinski definition) is 2. The molecule has 0 aliphatic heterocycles. The minimum atomic E-state index is 0.718. The molecule has 7 heteroatoms. The maximum atomic E-state index is 5.88. The lowest BCUT2D eigenvalue weighted by atomic mass is 10.1. The van der Waals surface area contributed by atoms with Gasteiger partial charge in [0.25, 0.3) is 0 Å². The van der Waals surface area contributed by atoms with Crippen molar-refractivity contribution in [3.63, 3.8) is 0 Å². The van der Waals surface area contributed by atoms with Gasteiger partial charge in [0, 0.05) is 30.2 Å². The first kappa shape index (κ1) is 14.3. The van der Waals surface area contributed by atoms with Crippen molar-refractivity contribution in [2.45, 2.75) is 6.54 Å². The molecular weight excluding hydrogens is 302 g/mol. The molecule has 120 valence electrons. The van der Waals surface area contributed by atoms with Gasteiger partial charge in [0.15, 0.2) is 5.65 Å². The van der Waals surface area contributed by atoms with Crippen LogP contribution in [0.4, 0.5) is 11.5 Å². The van der Waals surface area contributed by atoms with E-state index >= 15 is 0 Å². The number of fused-ring (bicyclic) bond motifs is 1. The number of nitrogens with one attached hydrogen (secondary N) is 1. The summed E-state index contributed by atoms with van der Waals surface area (Å²) in [4.78, 5) is 4.40. The van der Waals surface area contributed by atoms with Gasteiger partial charge >= 0.3 is 0 Å². The van der Waals surface area contributed by atoms with E-state index in [1.807, 2.05) is 64.1 Å². The largest absolute Gasteiger partial charge is 0.399 e. The van der Waals surface area contributed by atoms with Crippen LogP contribution < -0.4 is 11.1 Å². The molecule has 3 aromatic heterocycles. The van der Waals surface area contributed by atoms with Crippen LogP contribution in [0.2, 0.25) is 0 Å². The molecule has 0 bridgehead atoms. The third-order valence-corrected chi connectivity index (χ3v) is 3.75. The van der Waals surface area contributed by atoms with E-state index in [0.717, 1.165) is 41.5 Å². The fraction of sp³-hybridized carbons (Fsp3) is 0.118. The average molecular weight is 319 g/mol. The molecule has 0 radical (unpaired) electrons. The van der Waals surface area contributed by atoms with Gasteiger partial charge in [-0.2, -0.15) is 5.10 Å². The Labute approximate surface area is 138 Å². The van der Waals surface area contributed by atoms with Gasteiger partial charge < -0.3 is 11.1 Å². The van der Waals surface area contributed by atoms with E-state index < -0.39 is 0 Å². The molecule has 3 heterocycles. The maximum Gasteiger partial charge on any atom is 0.154 e. The van der Waals surface area contributed by atoms with Crippen LogP contribution in [0.15, 0.2) is 61.1 Å². The molecule has 3 N–H and O–H groups in total. The smallest absolute Gasteiger partial charge is 0.154 e. The minimum absolute atomic E-state index is 0.718. The molecule has 4 rings (SSSR count). The quantitative estimate of drug-likeness (QED) is 0.551. The highest BCUT2D eigenvalue weighted by Crippen LogP contribution is 2.22. The van der Waals surface area contributed by atoms with Crippen molar-refractivity contribution in [1.82, 2.24) is 24.4 Å². The zero-order valence-electron chi connectivity index (χ0n) is 13.0. The van der Waals surface area contributed by atoms with Crippen molar-refractivity contribution in [1.29, 1.82) is 0 Å². The van der Waals surface area contributed by atoms with Crippen LogP contribution in [-0.4, -0.2) is 30.9 Å². The number of rotatable bonds is 5. The lowest BCUT2D eigenvalue weighted by molar-refractivity contribution is 0.636. The van der Waals surface area contributed by atoms with Crippen molar-refractivity contribution in [2.75, 3.05) is 17.6 Å². The number of aromatic nitrogens is 5. The predicted octanol–water partition coefficient (Wildman–Crippen LogP) is 2.29. The van der Waals surface area contributed by atoms with Gasteiger partial charge in [-0.05, 0) is 30.3 Å². The van der Waals surface area contributed by atoms with Gasteiger partial charge in [-0.1, -0.05) is 12.1 Å². The van der Waals surface area contributed by atoms with Crippen LogP contribution in [0.3, 0.4) is 0 Å². The number of nitrogen functional groups attached to an aromatic ring is 1. The molecule has 0 atom stereocenters. The lowest BCUT2D eigenvalue weighted by Gasteiger charge is -2.07. The highest BCUT2D eigenvalue weighted by Gasteiger charge is 2.08. The van der Waals surface area contributed by atoms with E-state index in [0.29, 0.717) is 0 Å². The maximum absolute atomic E-state index is 5.88. The number of imidazole rings is 1. The van der Waals surface area contributed by atoms with Crippen LogP contribution in [0.1, 0.15) is 0 Å². The van der Waals surface area contributed by atoms with Gasteiger partial charge in [-0.25, -0.2) is 9.50 Å². The molecule has 4 aromatic rings. The molecule has 24 heavy (non-hydrogen) atoms. The Morgan fingerprint density at radius 2 is 2.08 bits per heavy atom. The van der Waals surface area contributed by atoms with Crippen LogP contribution in [-0.2, 0) is 6.54 Å². The van der Waals surface area contributed by atoms with E-state index in [4.69, 9.17) is 5.73 Å². The van der Waals surface area contributed by atoms with Gasteiger partial charge in [0.05, 0.1) is 18.4 Å². The first-order valence-electron chi connectivity index (χ1n) is 7.71. The third-order valence-electron chi connectivity index (χ3n) is 3.75. The number of anilines is 2. The zero-order valence-corrected chi connectivity index (χ0v) is 13.0. The molecule has 0 unspecified atom stereocenters. The Kier molecular flexibility index (Phi) is 3.59. The van der Waals surface area contributed by atoms with Gasteiger partial charge in [0.2, 0.25) is 0 Å². The van der Waals surface area contributed by atoms with Crippen LogP contribution in [0.25, 0.3) is 16.9 Å². The highest BCUT2D eigenvalue weighted by atomic mass is 15.3. The van der Waals surface area contributed by atoms with Crippen molar-refractivity contribution < 1.29 is 0 Å². The number of nitrogens with zero attached hydrogens (tertiary/aromatic N) is 5. The summed E-state index contributed by atoms with van der Waals surface area (Å²) in [6.07, 6.45) is 5.52. The van der Waals surface area contributed by atoms with E-state index in [9.17, 15) is 0 Å². The number of benzene rings is 1. The summed E-state index contributed by atoms with van der Waals surface area (Å²) < 4.78 is 3.70. The fourth-order valence-corrected chi connectivity index (χ4v) is 2.59. The Balaban J connectivity index is 1.58. The standard InChI is InChI=1S/C17H17N7/c18-14-4-1-3-13(11-14)15-12-20-17-6-5-16(22-24(15)17)19-8-10-23-9-2-7-21-23/h1-7,9,11-12H,8,10,18H2,(H,19,22). The summed E-state index contributed by atoms with van der Waals surface area (Å²) in [6.45, 7) is 1.52. The predicted molar refractivity (Wildman–Crippen MR) is 93.6 cm³/mol. The second-order valence-electron chi connectivity index (χ2n) is 5.45.